The van der Waals surface area contributed by atoms with Crippen LogP contribution in [0.5, 0.6) is 0 Å². The van der Waals surface area contributed by atoms with Crippen LogP contribution in [-0.2, 0) is 6.42 Å². The molecule has 3 heterocycles. The monoisotopic (exact) mass is 404 g/mol. The molecule has 0 bridgehead atoms. The Labute approximate surface area is 174 Å². The summed E-state index contributed by atoms with van der Waals surface area (Å²) < 4.78 is 6.74. The summed E-state index contributed by atoms with van der Waals surface area (Å²) in [5, 5.41) is 5.41. The molecular weight excluding hydrogens is 380 g/mol. The molecule has 5 nitrogen and oxygen atoms in total. The highest BCUT2D eigenvalue weighted by Gasteiger charge is 2.24. The number of benzene rings is 2. The van der Waals surface area contributed by atoms with Crippen LogP contribution in [0, 0.1) is 0 Å². The molecule has 1 atom stereocenters. The summed E-state index contributed by atoms with van der Waals surface area (Å²) in [6.07, 6.45) is 4.32. The van der Waals surface area contributed by atoms with Crippen LogP contribution < -0.4 is 0 Å². The van der Waals surface area contributed by atoms with Crippen LogP contribution in [0.15, 0.2) is 59.1 Å². The zero-order valence-corrected chi connectivity index (χ0v) is 17.1. The number of likely N-dealkylation sites (tertiary alicyclic amines) is 1. The van der Waals surface area contributed by atoms with Gasteiger partial charge < -0.3 is 9.42 Å². The molecule has 0 spiro atoms. The Kier molecular flexibility index (Phi) is 5.37. The van der Waals surface area contributed by atoms with Gasteiger partial charge in [0.15, 0.2) is 0 Å². The zero-order valence-electron chi connectivity index (χ0n) is 16.3. The first kappa shape index (κ1) is 18.5. The molecule has 29 heavy (non-hydrogen) atoms. The Hall–Kier alpha value is -2.57. The van der Waals surface area contributed by atoms with Crippen molar-refractivity contribution in [3.05, 3.63) is 65.5 Å². The number of thiazole rings is 1. The third-order valence-electron chi connectivity index (χ3n) is 5.53. The number of fused-ring (bicyclic) bond motifs is 1. The SMILES string of the molecule is c1ccc(-c2noc(CCCN3CCC[C@@H](c4nc5ccccc5s4)C3)n2)cc1. The molecule has 0 unspecified atom stereocenters. The second-order valence-corrected chi connectivity index (χ2v) is 8.70. The van der Waals surface area contributed by atoms with E-state index in [1.165, 1.54) is 29.1 Å². The zero-order chi connectivity index (χ0) is 19.5. The molecule has 148 valence electrons. The first-order chi connectivity index (χ1) is 14.3. The van der Waals surface area contributed by atoms with Crippen LogP contribution in [0.25, 0.3) is 21.6 Å². The Bertz CT molecular complexity index is 1040. The molecular formula is C23H24N4OS. The van der Waals surface area contributed by atoms with Crippen LogP contribution in [0.4, 0.5) is 0 Å². The number of hydrogen-bond acceptors (Lipinski definition) is 6. The van der Waals surface area contributed by atoms with Crippen LogP contribution in [0.1, 0.15) is 36.1 Å². The van der Waals surface area contributed by atoms with Crippen LogP contribution in [0.3, 0.4) is 0 Å². The van der Waals surface area contributed by atoms with Crippen molar-refractivity contribution in [2.75, 3.05) is 19.6 Å². The summed E-state index contributed by atoms with van der Waals surface area (Å²) in [7, 11) is 0. The van der Waals surface area contributed by atoms with Crippen molar-refractivity contribution in [3.8, 4) is 11.4 Å². The normalized spacial score (nSPS) is 17.7. The molecule has 1 saturated heterocycles. The van der Waals surface area contributed by atoms with E-state index in [9.17, 15) is 0 Å². The molecule has 0 aliphatic carbocycles. The van der Waals surface area contributed by atoms with Crippen molar-refractivity contribution in [1.29, 1.82) is 0 Å². The van der Waals surface area contributed by atoms with E-state index in [-0.39, 0.29) is 0 Å². The lowest BCUT2D eigenvalue weighted by molar-refractivity contribution is 0.203. The summed E-state index contributed by atoms with van der Waals surface area (Å²) in [6.45, 7) is 3.32. The van der Waals surface area contributed by atoms with E-state index in [0.29, 0.717) is 11.7 Å². The van der Waals surface area contributed by atoms with Gasteiger partial charge in [0, 0.05) is 24.4 Å². The second kappa shape index (κ2) is 8.43. The summed E-state index contributed by atoms with van der Waals surface area (Å²) in [5.74, 6) is 1.95. The standard InChI is InChI=1S/C23H24N4OS/c1-2-8-17(9-3-1)22-25-21(28-26-22)13-7-15-27-14-6-10-18(16-27)23-24-19-11-4-5-12-20(19)29-23/h1-5,8-9,11-12,18H,6-7,10,13-16H2/t18-/m1/s1. The maximum absolute atomic E-state index is 5.44. The summed E-state index contributed by atoms with van der Waals surface area (Å²) >= 11 is 1.86. The summed E-state index contributed by atoms with van der Waals surface area (Å²) in [6, 6.07) is 18.4. The molecule has 6 heteroatoms. The lowest BCUT2D eigenvalue weighted by Gasteiger charge is -2.31. The first-order valence-corrected chi connectivity index (χ1v) is 11.1. The molecule has 0 saturated carbocycles. The Balaban J connectivity index is 1.16. The molecule has 2 aromatic carbocycles. The number of piperidine rings is 1. The smallest absolute Gasteiger partial charge is 0.227 e. The van der Waals surface area contributed by atoms with E-state index in [2.05, 4.69) is 39.3 Å². The van der Waals surface area contributed by atoms with Crippen molar-refractivity contribution < 1.29 is 4.52 Å². The van der Waals surface area contributed by atoms with Crippen molar-refractivity contribution in [3.63, 3.8) is 0 Å². The molecule has 1 aliphatic rings. The van der Waals surface area contributed by atoms with Crippen LogP contribution in [0.2, 0.25) is 0 Å². The minimum absolute atomic E-state index is 0.550. The largest absolute Gasteiger partial charge is 0.339 e. The number of aromatic nitrogens is 3. The fourth-order valence-corrected chi connectivity index (χ4v) is 5.13. The van der Waals surface area contributed by atoms with Crippen LogP contribution in [-0.4, -0.2) is 39.7 Å². The van der Waals surface area contributed by atoms with Crippen LogP contribution >= 0.6 is 11.3 Å². The van der Waals surface area contributed by atoms with E-state index in [4.69, 9.17) is 9.51 Å². The van der Waals surface area contributed by atoms with E-state index in [1.54, 1.807) is 0 Å². The van der Waals surface area contributed by atoms with Gasteiger partial charge in [-0.25, -0.2) is 4.98 Å². The topological polar surface area (TPSA) is 55.1 Å². The highest BCUT2D eigenvalue weighted by atomic mass is 32.1. The number of aryl methyl sites for hydroxylation is 1. The number of hydrogen-bond donors (Lipinski definition) is 0. The molecule has 0 amide bonds. The van der Waals surface area contributed by atoms with Gasteiger partial charge in [0.25, 0.3) is 0 Å². The Morgan fingerprint density at radius 1 is 1.03 bits per heavy atom. The molecule has 4 aromatic rings. The molecule has 0 radical (unpaired) electrons. The van der Waals surface area contributed by atoms with Gasteiger partial charge in [-0.3, -0.25) is 0 Å². The predicted octanol–water partition coefficient (Wildman–Crippen LogP) is 5.16. The second-order valence-electron chi connectivity index (χ2n) is 7.64. The van der Waals surface area contributed by atoms with Crippen molar-refractivity contribution in [2.45, 2.75) is 31.6 Å². The van der Waals surface area contributed by atoms with E-state index >= 15 is 0 Å². The van der Waals surface area contributed by atoms with Crippen molar-refractivity contribution >= 4 is 21.6 Å². The molecule has 5 rings (SSSR count). The lowest BCUT2D eigenvalue weighted by Crippen LogP contribution is -2.35. The highest BCUT2D eigenvalue weighted by molar-refractivity contribution is 7.18. The molecule has 1 aliphatic heterocycles. The van der Waals surface area contributed by atoms with Gasteiger partial charge in [-0.15, -0.1) is 11.3 Å². The average molecular weight is 405 g/mol. The maximum Gasteiger partial charge on any atom is 0.227 e. The third-order valence-corrected chi connectivity index (χ3v) is 6.73. The Morgan fingerprint density at radius 2 is 1.90 bits per heavy atom. The van der Waals surface area contributed by atoms with Crippen molar-refractivity contribution in [1.82, 2.24) is 20.0 Å². The van der Waals surface area contributed by atoms with Gasteiger partial charge in [0.05, 0.1) is 15.2 Å². The van der Waals surface area contributed by atoms with Gasteiger partial charge >= 0.3 is 0 Å². The lowest BCUT2D eigenvalue weighted by atomic mass is 9.98. The minimum Gasteiger partial charge on any atom is -0.339 e. The van der Waals surface area contributed by atoms with Gasteiger partial charge in [-0.1, -0.05) is 47.6 Å². The number of para-hydroxylation sites is 1. The number of rotatable bonds is 6. The first-order valence-electron chi connectivity index (χ1n) is 10.3. The molecule has 1 fully saturated rings. The van der Waals surface area contributed by atoms with E-state index < -0.39 is 0 Å². The third kappa shape index (κ3) is 4.23. The van der Waals surface area contributed by atoms with E-state index in [1.807, 2.05) is 41.7 Å². The van der Waals surface area contributed by atoms with E-state index in [0.717, 1.165) is 42.9 Å². The predicted molar refractivity (Wildman–Crippen MR) is 116 cm³/mol. The van der Waals surface area contributed by atoms with Crippen molar-refractivity contribution in [2.24, 2.45) is 0 Å². The fraction of sp³-hybridized carbons (Fsp3) is 0.348. The fourth-order valence-electron chi connectivity index (χ4n) is 4.04. The van der Waals surface area contributed by atoms with Gasteiger partial charge in [0.2, 0.25) is 11.7 Å². The Morgan fingerprint density at radius 3 is 2.79 bits per heavy atom. The summed E-state index contributed by atoms with van der Waals surface area (Å²) in [4.78, 5) is 12.0. The van der Waals surface area contributed by atoms with Gasteiger partial charge in [-0.05, 0) is 44.5 Å². The van der Waals surface area contributed by atoms with Gasteiger partial charge in [0.1, 0.15) is 0 Å². The highest BCUT2D eigenvalue weighted by Crippen LogP contribution is 2.33. The maximum atomic E-state index is 5.44. The molecule has 2 aromatic heterocycles. The average Bonchev–Trinajstić information content (AvgIpc) is 3.42. The minimum atomic E-state index is 0.550. The summed E-state index contributed by atoms with van der Waals surface area (Å²) in [5.41, 5.74) is 2.13. The number of nitrogens with zero attached hydrogens (tertiary/aromatic N) is 4. The molecule has 0 N–H and O–H groups in total. The van der Waals surface area contributed by atoms with Gasteiger partial charge in [-0.2, -0.15) is 4.98 Å². The quantitative estimate of drug-likeness (QED) is 0.444.